The molecule has 0 unspecified atom stereocenters. The highest BCUT2D eigenvalue weighted by atomic mass is 79.9. The molecule has 32 heavy (non-hydrogen) atoms. The summed E-state index contributed by atoms with van der Waals surface area (Å²) in [5.41, 5.74) is 1.45. The van der Waals surface area contributed by atoms with Gasteiger partial charge in [-0.2, -0.15) is 0 Å². The molecule has 1 aromatic heterocycles. The van der Waals surface area contributed by atoms with Crippen molar-refractivity contribution < 1.29 is 4.79 Å². The third-order valence-electron chi connectivity index (χ3n) is 5.76. The second-order valence-electron chi connectivity index (χ2n) is 7.98. The smallest absolute Gasteiger partial charge is 0.254 e. The van der Waals surface area contributed by atoms with Crippen LogP contribution < -0.4 is 16.2 Å². The number of carbonyl (C=O) groups is 1. The molecule has 2 aliphatic heterocycles. The molecule has 2 bridgehead atoms. The van der Waals surface area contributed by atoms with E-state index in [0.29, 0.717) is 34.8 Å². The maximum Gasteiger partial charge on any atom is 0.254 e. The maximum atomic E-state index is 12.8. The normalized spacial score (nSPS) is 20.8. The van der Waals surface area contributed by atoms with Gasteiger partial charge in [-0.1, -0.05) is 53.0 Å². The van der Waals surface area contributed by atoms with Gasteiger partial charge in [-0.15, -0.1) is 0 Å². The van der Waals surface area contributed by atoms with Gasteiger partial charge in [0.1, 0.15) is 6.17 Å². The number of halogens is 4. The van der Waals surface area contributed by atoms with Crippen LogP contribution >= 0.6 is 63.0 Å². The number of rotatable bonds is 3. The van der Waals surface area contributed by atoms with E-state index in [4.69, 9.17) is 47.0 Å². The van der Waals surface area contributed by atoms with E-state index in [1.54, 1.807) is 36.4 Å². The highest BCUT2D eigenvalue weighted by Crippen LogP contribution is 2.35. The Morgan fingerprint density at radius 2 is 1.84 bits per heavy atom. The van der Waals surface area contributed by atoms with Gasteiger partial charge >= 0.3 is 0 Å². The largest absolute Gasteiger partial charge is 0.348 e. The summed E-state index contributed by atoms with van der Waals surface area (Å²) in [6.07, 6.45) is -0.0499. The summed E-state index contributed by atoms with van der Waals surface area (Å²) in [5.74, 6) is 0.0484. The molecule has 2 N–H and O–H groups in total. The number of amides is 1. The number of aromatic nitrogens is 1. The molecule has 2 aliphatic rings. The lowest BCUT2D eigenvalue weighted by Crippen LogP contribution is -2.60. The van der Waals surface area contributed by atoms with Crippen LogP contribution in [0.2, 0.25) is 0 Å². The topological polar surface area (TPSA) is 66.4 Å². The molecule has 3 atom stereocenters. The van der Waals surface area contributed by atoms with Crippen LogP contribution in [0.5, 0.6) is 0 Å². The van der Waals surface area contributed by atoms with E-state index in [1.807, 2.05) is 15.5 Å². The lowest BCUT2D eigenvalue weighted by Gasteiger charge is -2.44. The number of fused-ring (bicyclic) bond motifs is 4. The van der Waals surface area contributed by atoms with E-state index in [-0.39, 0.29) is 17.4 Å². The van der Waals surface area contributed by atoms with Crippen LogP contribution in [0.3, 0.4) is 0 Å². The van der Waals surface area contributed by atoms with Crippen molar-refractivity contribution in [1.29, 1.82) is 0 Å². The van der Waals surface area contributed by atoms with E-state index >= 15 is 0 Å². The van der Waals surface area contributed by atoms with Crippen LogP contribution in [-0.4, -0.2) is 43.5 Å². The Kier molecular flexibility index (Phi) is 7.08. The third-order valence-corrected chi connectivity index (χ3v) is 7.48. The first kappa shape index (κ1) is 23.8. The molecule has 2 aromatic rings. The van der Waals surface area contributed by atoms with Crippen molar-refractivity contribution >= 4 is 74.0 Å². The van der Waals surface area contributed by atoms with Gasteiger partial charge < -0.3 is 20.1 Å². The number of benzene rings is 1. The van der Waals surface area contributed by atoms with Crippen LogP contribution in [0.4, 0.5) is 0 Å². The van der Waals surface area contributed by atoms with Gasteiger partial charge in [-0.05, 0) is 58.7 Å². The van der Waals surface area contributed by atoms with Gasteiger partial charge in [0.15, 0.2) is 5.11 Å². The van der Waals surface area contributed by atoms with Crippen molar-refractivity contribution in [1.82, 2.24) is 20.1 Å². The summed E-state index contributed by atoms with van der Waals surface area (Å²) in [4.78, 5) is 27.0. The average molecular weight is 579 g/mol. The standard InChI is InChI=1S/C21H20BrCl3N4O2S/c22-15-5-2-1-4-14(15)18(31)26-19(21(23,24)25)27-20(32)28-9-12-8-13(11-28)16-6-3-7-17(30)29(16)10-12/h1-7,12-13,19H,8-11H2,(H,26,31)(H,27,32)/t12-,13-,19-/m0/s1. The summed E-state index contributed by atoms with van der Waals surface area (Å²) >= 11 is 27.5. The fourth-order valence-corrected chi connectivity index (χ4v) is 5.39. The predicted molar refractivity (Wildman–Crippen MR) is 135 cm³/mol. The lowest BCUT2D eigenvalue weighted by atomic mass is 9.83. The van der Waals surface area contributed by atoms with Crippen molar-refractivity contribution in [2.45, 2.75) is 28.8 Å². The fourth-order valence-electron chi connectivity index (χ4n) is 4.33. The molecule has 0 saturated carbocycles. The van der Waals surface area contributed by atoms with Crippen LogP contribution in [-0.2, 0) is 6.54 Å². The first-order valence-electron chi connectivity index (χ1n) is 10.0. The number of pyridine rings is 1. The number of carbonyl (C=O) groups excluding carboxylic acids is 1. The zero-order valence-corrected chi connectivity index (χ0v) is 21.4. The van der Waals surface area contributed by atoms with Crippen LogP contribution in [0, 0.1) is 5.92 Å². The van der Waals surface area contributed by atoms with Gasteiger partial charge in [-0.25, -0.2) is 0 Å². The Balaban J connectivity index is 1.48. The van der Waals surface area contributed by atoms with Gasteiger partial charge in [0.05, 0.1) is 5.56 Å². The molecule has 0 spiro atoms. The highest BCUT2D eigenvalue weighted by Gasteiger charge is 2.39. The highest BCUT2D eigenvalue weighted by molar-refractivity contribution is 9.10. The molecule has 1 fully saturated rings. The Bertz CT molecular complexity index is 1110. The lowest BCUT2D eigenvalue weighted by molar-refractivity contribution is 0.0932. The van der Waals surface area contributed by atoms with E-state index in [9.17, 15) is 9.59 Å². The molecular formula is C21H20BrCl3N4O2S. The number of nitrogens with one attached hydrogen (secondary N) is 2. The Morgan fingerprint density at radius 3 is 2.56 bits per heavy atom. The fraction of sp³-hybridized carbons (Fsp3) is 0.381. The first-order chi connectivity index (χ1) is 15.1. The van der Waals surface area contributed by atoms with Crippen molar-refractivity contribution in [2.75, 3.05) is 13.1 Å². The zero-order valence-electron chi connectivity index (χ0n) is 16.7. The number of thiocarbonyl (C=S) groups is 1. The molecular weight excluding hydrogens is 559 g/mol. The van der Waals surface area contributed by atoms with Crippen molar-refractivity contribution in [2.24, 2.45) is 5.92 Å². The van der Waals surface area contributed by atoms with E-state index in [2.05, 4.69) is 26.6 Å². The third kappa shape index (κ3) is 5.09. The first-order valence-corrected chi connectivity index (χ1v) is 12.3. The minimum atomic E-state index is -1.84. The quantitative estimate of drug-likeness (QED) is 0.327. The van der Waals surface area contributed by atoms with Gasteiger partial charge in [0.25, 0.3) is 11.5 Å². The molecule has 11 heteroatoms. The Hall–Kier alpha value is -1.32. The van der Waals surface area contributed by atoms with Crippen molar-refractivity contribution in [3.05, 3.63) is 68.5 Å². The molecule has 6 nitrogen and oxygen atoms in total. The summed E-state index contributed by atoms with van der Waals surface area (Å²) < 4.78 is 0.641. The zero-order chi connectivity index (χ0) is 23.0. The molecule has 1 amide bonds. The number of likely N-dealkylation sites (tertiary alicyclic amines) is 1. The number of hydrogen-bond donors (Lipinski definition) is 2. The van der Waals surface area contributed by atoms with Crippen molar-refractivity contribution in [3.8, 4) is 0 Å². The summed E-state index contributed by atoms with van der Waals surface area (Å²) in [5, 5.41) is 6.12. The second-order valence-corrected chi connectivity index (χ2v) is 11.6. The van der Waals surface area contributed by atoms with E-state index < -0.39 is 15.9 Å². The van der Waals surface area contributed by atoms with Gasteiger partial charge in [-0.3, -0.25) is 9.59 Å². The molecule has 1 saturated heterocycles. The number of piperidine rings is 1. The van der Waals surface area contributed by atoms with Crippen molar-refractivity contribution in [3.63, 3.8) is 0 Å². The van der Waals surface area contributed by atoms with E-state index in [1.165, 1.54) is 0 Å². The second kappa shape index (κ2) is 9.50. The number of hydrogen-bond acceptors (Lipinski definition) is 3. The van der Waals surface area contributed by atoms with Crippen LogP contribution in [0.15, 0.2) is 51.7 Å². The molecule has 1 aromatic carbocycles. The summed E-state index contributed by atoms with van der Waals surface area (Å²) in [6.45, 7) is 1.96. The van der Waals surface area contributed by atoms with Gasteiger partial charge in [0.2, 0.25) is 3.79 Å². The van der Waals surface area contributed by atoms with Crippen LogP contribution in [0.1, 0.15) is 28.4 Å². The average Bonchev–Trinajstić information content (AvgIpc) is 2.73. The number of nitrogens with zero attached hydrogens (tertiary/aromatic N) is 2. The maximum absolute atomic E-state index is 12.8. The monoisotopic (exact) mass is 576 g/mol. The molecule has 0 radical (unpaired) electrons. The Morgan fingerprint density at radius 1 is 1.09 bits per heavy atom. The molecule has 4 rings (SSSR count). The molecule has 0 aliphatic carbocycles. The molecule has 3 heterocycles. The summed E-state index contributed by atoms with van der Waals surface area (Å²) in [6, 6.07) is 12.3. The number of alkyl halides is 3. The minimum Gasteiger partial charge on any atom is -0.348 e. The SMILES string of the molecule is O=C(N[C@@H](NC(=S)N1C[C@@H]2C[C@@H](C1)c1cccc(=O)n1C2)C(Cl)(Cl)Cl)c1ccccc1Br. The molecule has 170 valence electrons. The van der Waals surface area contributed by atoms with Crippen LogP contribution in [0.25, 0.3) is 0 Å². The van der Waals surface area contributed by atoms with E-state index in [0.717, 1.165) is 12.1 Å². The Labute approximate surface area is 214 Å². The minimum absolute atomic E-state index is 0.0254. The summed E-state index contributed by atoms with van der Waals surface area (Å²) in [7, 11) is 0. The van der Waals surface area contributed by atoms with Gasteiger partial charge in [0, 0.05) is 41.8 Å². The predicted octanol–water partition coefficient (Wildman–Crippen LogP) is 4.03.